The van der Waals surface area contributed by atoms with Gasteiger partial charge in [-0.2, -0.15) is 0 Å². The van der Waals surface area contributed by atoms with Gasteiger partial charge in [-0.15, -0.1) is 11.3 Å². The Morgan fingerprint density at radius 3 is 2.54 bits per heavy atom. The molecule has 2 aromatic carbocycles. The fourth-order valence-corrected chi connectivity index (χ4v) is 4.55. The van der Waals surface area contributed by atoms with Crippen molar-refractivity contribution in [3.8, 4) is 10.4 Å². The zero-order valence-electron chi connectivity index (χ0n) is 14.6. The predicted octanol–water partition coefficient (Wildman–Crippen LogP) is 6.65. The number of hydrogen-bond acceptors (Lipinski definition) is 2. The number of thiophene rings is 1. The first-order chi connectivity index (χ1) is 11.3. The molecule has 0 aliphatic carbocycles. The van der Waals surface area contributed by atoms with E-state index in [2.05, 4.69) is 38.1 Å². The number of aliphatic hydroxyl groups is 1. The van der Waals surface area contributed by atoms with Gasteiger partial charge in [-0.1, -0.05) is 49.7 Å². The molecule has 0 atom stereocenters. The summed E-state index contributed by atoms with van der Waals surface area (Å²) in [6.07, 6.45) is 1.09. The zero-order chi connectivity index (χ0) is 17.5. The van der Waals surface area contributed by atoms with Crippen LogP contribution in [0.1, 0.15) is 38.8 Å². The second kappa shape index (κ2) is 6.51. The van der Waals surface area contributed by atoms with Crippen LogP contribution >= 0.6 is 22.9 Å². The van der Waals surface area contributed by atoms with E-state index in [1.807, 2.05) is 18.2 Å². The summed E-state index contributed by atoms with van der Waals surface area (Å²) in [4.78, 5) is 1.11. The third-order valence-corrected chi connectivity index (χ3v) is 5.59. The second-order valence-electron chi connectivity index (χ2n) is 7.30. The Hall–Kier alpha value is -1.35. The molecule has 0 spiro atoms. The van der Waals surface area contributed by atoms with E-state index >= 15 is 0 Å². The highest BCUT2D eigenvalue weighted by atomic mass is 35.5. The van der Waals surface area contributed by atoms with Crippen LogP contribution in [0.4, 0.5) is 0 Å². The van der Waals surface area contributed by atoms with E-state index in [0.717, 1.165) is 22.4 Å². The second-order valence-corrected chi connectivity index (χ2v) is 8.79. The number of benzene rings is 2. The Morgan fingerprint density at radius 1 is 1.12 bits per heavy atom. The lowest BCUT2D eigenvalue weighted by Gasteiger charge is -2.22. The number of rotatable bonds is 4. The average molecular weight is 359 g/mol. The summed E-state index contributed by atoms with van der Waals surface area (Å²) < 4.78 is 1.25. The smallest absolute Gasteiger partial charge is 0.0847 e. The van der Waals surface area contributed by atoms with E-state index in [1.165, 1.54) is 15.6 Å². The Balaban J connectivity index is 2.14. The predicted molar refractivity (Wildman–Crippen MR) is 106 cm³/mol. The molecule has 3 aromatic rings. The molecule has 0 aliphatic heterocycles. The van der Waals surface area contributed by atoms with Gasteiger partial charge in [0.25, 0.3) is 0 Å². The summed E-state index contributed by atoms with van der Waals surface area (Å²) in [5.74, 6) is 0.644. The molecule has 1 N–H and O–H groups in total. The van der Waals surface area contributed by atoms with Crippen LogP contribution in [0.2, 0.25) is 5.02 Å². The molecule has 0 unspecified atom stereocenters. The summed E-state index contributed by atoms with van der Waals surface area (Å²) in [7, 11) is 0. The highest BCUT2D eigenvalue weighted by Crippen LogP contribution is 2.42. The minimum Gasteiger partial charge on any atom is -0.386 e. The van der Waals surface area contributed by atoms with Crippen molar-refractivity contribution in [1.82, 2.24) is 0 Å². The third kappa shape index (κ3) is 3.51. The van der Waals surface area contributed by atoms with Gasteiger partial charge in [0.1, 0.15) is 0 Å². The van der Waals surface area contributed by atoms with E-state index < -0.39 is 5.60 Å². The van der Waals surface area contributed by atoms with Gasteiger partial charge in [0.15, 0.2) is 0 Å². The Morgan fingerprint density at radius 2 is 1.88 bits per heavy atom. The van der Waals surface area contributed by atoms with Crippen molar-refractivity contribution in [2.45, 2.75) is 39.7 Å². The Bertz CT molecular complexity index is 871. The van der Waals surface area contributed by atoms with Crippen LogP contribution in [0.3, 0.4) is 0 Å². The Kier molecular flexibility index (Phi) is 4.74. The van der Waals surface area contributed by atoms with Gasteiger partial charge >= 0.3 is 0 Å². The molecular weight excluding hydrogens is 336 g/mol. The number of halogens is 1. The fraction of sp³-hybridized carbons (Fsp3) is 0.333. The molecule has 0 saturated heterocycles. The molecule has 0 saturated carbocycles. The molecule has 0 aliphatic rings. The van der Waals surface area contributed by atoms with Crippen molar-refractivity contribution in [3.63, 3.8) is 0 Å². The van der Waals surface area contributed by atoms with Crippen LogP contribution < -0.4 is 0 Å². The molecule has 24 heavy (non-hydrogen) atoms. The largest absolute Gasteiger partial charge is 0.386 e. The average Bonchev–Trinajstić information content (AvgIpc) is 2.88. The maximum atomic E-state index is 10.5. The molecule has 0 fully saturated rings. The van der Waals surface area contributed by atoms with Crippen molar-refractivity contribution >= 4 is 33.0 Å². The first-order valence-electron chi connectivity index (χ1n) is 8.30. The van der Waals surface area contributed by atoms with E-state index in [4.69, 9.17) is 11.6 Å². The van der Waals surface area contributed by atoms with Gasteiger partial charge in [-0.25, -0.2) is 0 Å². The highest BCUT2D eigenvalue weighted by Gasteiger charge is 2.23. The molecule has 3 heteroatoms. The first kappa shape index (κ1) is 17.5. The normalized spacial score (nSPS) is 12.3. The lowest BCUT2D eigenvalue weighted by molar-refractivity contribution is 0.0792. The highest BCUT2D eigenvalue weighted by molar-refractivity contribution is 7.22. The number of hydrogen-bond donors (Lipinski definition) is 1. The van der Waals surface area contributed by atoms with E-state index in [-0.39, 0.29) is 0 Å². The topological polar surface area (TPSA) is 20.2 Å². The SMILES string of the molecule is CC(C)Cc1ccc2sc(-c3c(Cl)cccc3C(C)(C)O)cc2c1. The minimum atomic E-state index is -0.931. The quantitative estimate of drug-likeness (QED) is 0.553. The molecule has 3 rings (SSSR count). The van der Waals surface area contributed by atoms with Crippen LogP contribution in [-0.4, -0.2) is 5.11 Å². The van der Waals surface area contributed by atoms with E-state index in [9.17, 15) is 5.11 Å². The summed E-state index contributed by atoms with van der Waals surface area (Å²) in [6.45, 7) is 8.08. The summed E-state index contributed by atoms with van der Waals surface area (Å²) in [5, 5.41) is 12.4. The van der Waals surface area contributed by atoms with E-state index in [1.54, 1.807) is 25.2 Å². The minimum absolute atomic E-state index is 0.644. The monoisotopic (exact) mass is 358 g/mol. The molecule has 0 radical (unpaired) electrons. The van der Waals surface area contributed by atoms with Gasteiger partial charge in [-0.05, 0) is 60.9 Å². The maximum absolute atomic E-state index is 10.5. The van der Waals surface area contributed by atoms with Crippen molar-refractivity contribution in [3.05, 3.63) is 58.6 Å². The van der Waals surface area contributed by atoms with Crippen LogP contribution in [0, 0.1) is 5.92 Å². The van der Waals surface area contributed by atoms with Gasteiger partial charge in [0.05, 0.1) is 5.60 Å². The third-order valence-electron chi connectivity index (χ3n) is 4.14. The lowest BCUT2D eigenvalue weighted by atomic mass is 9.92. The molecule has 126 valence electrons. The fourth-order valence-electron chi connectivity index (χ4n) is 3.10. The van der Waals surface area contributed by atoms with Gasteiger partial charge < -0.3 is 5.11 Å². The van der Waals surface area contributed by atoms with Crippen LogP contribution in [-0.2, 0) is 12.0 Å². The Labute approximate surface area is 152 Å². The van der Waals surface area contributed by atoms with Gasteiger partial charge in [0.2, 0.25) is 0 Å². The standard InChI is InChI=1S/C21H23ClOS/c1-13(2)10-14-8-9-18-15(11-14)12-19(24-18)20-16(21(3,4)23)6-5-7-17(20)22/h5-9,11-13,23H,10H2,1-4H3. The summed E-state index contributed by atoms with van der Waals surface area (Å²) in [5.41, 5.74) is 2.24. The number of fused-ring (bicyclic) bond motifs is 1. The van der Waals surface area contributed by atoms with Crippen LogP contribution in [0.5, 0.6) is 0 Å². The van der Waals surface area contributed by atoms with Crippen LogP contribution in [0.15, 0.2) is 42.5 Å². The summed E-state index contributed by atoms with van der Waals surface area (Å²) >= 11 is 8.22. The maximum Gasteiger partial charge on any atom is 0.0847 e. The van der Waals surface area contributed by atoms with Crippen molar-refractivity contribution < 1.29 is 5.11 Å². The van der Waals surface area contributed by atoms with Crippen molar-refractivity contribution in [1.29, 1.82) is 0 Å². The lowest BCUT2D eigenvalue weighted by Crippen LogP contribution is -2.16. The van der Waals surface area contributed by atoms with Gasteiger partial charge in [-0.3, -0.25) is 0 Å². The zero-order valence-corrected chi connectivity index (χ0v) is 16.1. The van der Waals surface area contributed by atoms with Crippen molar-refractivity contribution in [2.24, 2.45) is 5.92 Å². The molecule has 1 heterocycles. The molecule has 1 aromatic heterocycles. The molecule has 0 amide bonds. The first-order valence-corrected chi connectivity index (χ1v) is 9.49. The molecular formula is C21H23ClOS. The molecule has 0 bridgehead atoms. The van der Waals surface area contributed by atoms with Crippen molar-refractivity contribution in [2.75, 3.05) is 0 Å². The molecule has 1 nitrogen and oxygen atoms in total. The van der Waals surface area contributed by atoms with E-state index in [0.29, 0.717) is 10.9 Å². The van der Waals surface area contributed by atoms with Gasteiger partial charge in [0, 0.05) is 20.2 Å². The van der Waals surface area contributed by atoms with Crippen LogP contribution in [0.25, 0.3) is 20.5 Å². The summed E-state index contributed by atoms with van der Waals surface area (Å²) in [6, 6.07) is 14.6.